The molecule has 1 aliphatic rings. The summed E-state index contributed by atoms with van der Waals surface area (Å²) >= 11 is 3.35. The number of carbonyl (C=O) groups excluding carboxylic acids is 1. The van der Waals surface area contributed by atoms with E-state index in [1.165, 1.54) is 11.3 Å². The molecule has 1 aliphatic heterocycles. The Bertz CT molecular complexity index is 584. The lowest BCUT2D eigenvalue weighted by atomic mass is 9.97. The molecule has 3 nitrogen and oxygen atoms in total. The van der Waals surface area contributed by atoms with E-state index in [4.69, 9.17) is 0 Å². The standard InChI is InChI=1S/C15H17NO2S2/c17-14(16-10-15(18)5-7-19-8-6-15)13-9-11-3-1-2-4-12(11)20-13/h1-4,9,18H,5-8,10H2,(H,16,17). The second kappa shape index (κ2) is 5.76. The van der Waals surface area contributed by atoms with Crippen molar-refractivity contribution in [2.45, 2.75) is 18.4 Å². The molecule has 0 spiro atoms. The molecule has 5 heteroatoms. The number of amides is 1. The van der Waals surface area contributed by atoms with Gasteiger partial charge in [0.1, 0.15) is 0 Å². The Hall–Kier alpha value is -1.04. The largest absolute Gasteiger partial charge is 0.388 e. The molecule has 0 bridgehead atoms. The minimum atomic E-state index is -0.725. The number of rotatable bonds is 3. The van der Waals surface area contributed by atoms with Crippen molar-refractivity contribution in [2.75, 3.05) is 18.1 Å². The third-order valence-corrected chi connectivity index (χ3v) is 5.75. The molecule has 106 valence electrons. The molecule has 0 aliphatic carbocycles. The maximum absolute atomic E-state index is 12.2. The van der Waals surface area contributed by atoms with Crippen LogP contribution in [0.1, 0.15) is 22.5 Å². The van der Waals surface area contributed by atoms with Gasteiger partial charge in [0.25, 0.3) is 5.91 Å². The minimum absolute atomic E-state index is 0.0853. The van der Waals surface area contributed by atoms with Gasteiger partial charge in [-0.25, -0.2) is 0 Å². The zero-order valence-electron chi connectivity index (χ0n) is 11.1. The SMILES string of the molecule is O=C(NCC1(O)CCSCC1)c1cc2ccccc2s1. The molecule has 0 atom stereocenters. The molecule has 1 saturated heterocycles. The van der Waals surface area contributed by atoms with E-state index in [0.717, 1.165) is 34.4 Å². The highest BCUT2D eigenvalue weighted by molar-refractivity contribution is 7.99. The maximum atomic E-state index is 12.2. The van der Waals surface area contributed by atoms with E-state index in [9.17, 15) is 9.90 Å². The molecule has 1 fully saturated rings. The summed E-state index contributed by atoms with van der Waals surface area (Å²) in [5.74, 6) is 1.85. The van der Waals surface area contributed by atoms with E-state index >= 15 is 0 Å². The van der Waals surface area contributed by atoms with Crippen molar-refractivity contribution in [3.8, 4) is 0 Å². The summed E-state index contributed by atoms with van der Waals surface area (Å²) in [5, 5.41) is 14.4. The maximum Gasteiger partial charge on any atom is 0.261 e. The van der Waals surface area contributed by atoms with E-state index in [0.29, 0.717) is 11.4 Å². The minimum Gasteiger partial charge on any atom is -0.388 e. The van der Waals surface area contributed by atoms with Crippen LogP contribution in [0.3, 0.4) is 0 Å². The molecule has 2 N–H and O–H groups in total. The third kappa shape index (κ3) is 3.00. The van der Waals surface area contributed by atoms with Gasteiger partial charge in [0.05, 0.1) is 10.5 Å². The van der Waals surface area contributed by atoms with Crippen molar-refractivity contribution in [3.63, 3.8) is 0 Å². The first kappa shape index (κ1) is 13.9. The molecular weight excluding hydrogens is 290 g/mol. The molecule has 1 aromatic carbocycles. The molecule has 0 saturated carbocycles. The van der Waals surface area contributed by atoms with Gasteiger partial charge in [-0.15, -0.1) is 11.3 Å². The lowest BCUT2D eigenvalue weighted by Crippen LogP contribution is -2.45. The first-order valence-corrected chi connectivity index (χ1v) is 8.70. The Morgan fingerprint density at radius 2 is 2.05 bits per heavy atom. The quantitative estimate of drug-likeness (QED) is 0.916. The molecular formula is C15H17NO2S2. The van der Waals surface area contributed by atoms with Crippen LogP contribution in [0.2, 0.25) is 0 Å². The van der Waals surface area contributed by atoms with Gasteiger partial charge >= 0.3 is 0 Å². The Morgan fingerprint density at radius 3 is 2.80 bits per heavy atom. The number of thioether (sulfide) groups is 1. The summed E-state index contributed by atoms with van der Waals surface area (Å²) in [4.78, 5) is 12.9. The van der Waals surface area contributed by atoms with Crippen molar-refractivity contribution < 1.29 is 9.90 Å². The van der Waals surface area contributed by atoms with Crippen LogP contribution in [0, 0.1) is 0 Å². The van der Waals surface area contributed by atoms with Crippen LogP contribution in [0.4, 0.5) is 0 Å². The molecule has 20 heavy (non-hydrogen) atoms. The average molecular weight is 307 g/mol. The van der Waals surface area contributed by atoms with Crippen LogP contribution in [-0.2, 0) is 0 Å². The Labute approximate surface area is 126 Å². The first-order chi connectivity index (χ1) is 9.66. The van der Waals surface area contributed by atoms with Crippen molar-refractivity contribution >= 4 is 39.1 Å². The van der Waals surface area contributed by atoms with E-state index in [1.54, 1.807) is 0 Å². The summed E-state index contributed by atoms with van der Waals surface area (Å²) in [7, 11) is 0. The molecule has 0 unspecified atom stereocenters. The van der Waals surface area contributed by atoms with Crippen LogP contribution in [0.25, 0.3) is 10.1 Å². The fourth-order valence-electron chi connectivity index (χ4n) is 2.35. The van der Waals surface area contributed by atoms with Crippen LogP contribution < -0.4 is 5.32 Å². The van der Waals surface area contributed by atoms with Crippen molar-refractivity contribution in [1.29, 1.82) is 0 Å². The number of nitrogens with one attached hydrogen (secondary N) is 1. The number of benzene rings is 1. The van der Waals surface area contributed by atoms with Crippen molar-refractivity contribution in [1.82, 2.24) is 5.32 Å². The Balaban J connectivity index is 1.66. The van der Waals surface area contributed by atoms with Crippen LogP contribution in [-0.4, -0.2) is 34.7 Å². The highest BCUT2D eigenvalue weighted by atomic mass is 32.2. The fraction of sp³-hybridized carbons (Fsp3) is 0.400. The summed E-state index contributed by atoms with van der Waals surface area (Å²) < 4.78 is 1.12. The second-order valence-electron chi connectivity index (χ2n) is 5.17. The zero-order valence-corrected chi connectivity index (χ0v) is 12.7. The van der Waals surface area contributed by atoms with Gasteiger partial charge in [-0.05, 0) is 41.9 Å². The topological polar surface area (TPSA) is 49.3 Å². The van der Waals surface area contributed by atoms with Crippen LogP contribution >= 0.6 is 23.1 Å². The predicted molar refractivity (Wildman–Crippen MR) is 85.7 cm³/mol. The van der Waals surface area contributed by atoms with E-state index in [2.05, 4.69) is 5.32 Å². The third-order valence-electron chi connectivity index (χ3n) is 3.65. The summed E-state index contributed by atoms with van der Waals surface area (Å²) in [5.41, 5.74) is -0.725. The Morgan fingerprint density at radius 1 is 1.30 bits per heavy atom. The summed E-state index contributed by atoms with van der Waals surface area (Å²) in [6, 6.07) is 9.88. The van der Waals surface area contributed by atoms with Gasteiger partial charge in [-0.2, -0.15) is 11.8 Å². The first-order valence-electron chi connectivity index (χ1n) is 6.73. The number of fused-ring (bicyclic) bond motifs is 1. The summed E-state index contributed by atoms with van der Waals surface area (Å²) in [6.07, 6.45) is 1.51. The van der Waals surface area contributed by atoms with Gasteiger partial charge in [0, 0.05) is 11.2 Å². The van der Waals surface area contributed by atoms with Gasteiger partial charge in [0.15, 0.2) is 0 Å². The molecule has 2 aromatic rings. The second-order valence-corrected chi connectivity index (χ2v) is 7.48. The van der Waals surface area contributed by atoms with E-state index in [1.807, 2.05) is 42.1 Å². The molecule has 1 aromatic heterocycles. The van der Waals surface area contributed by atoms with E-state index < -0.39 is 5.60 Å². The van der Waals surface area contributed by atoms with Crippen molar-refractivity contribution in [2.24, 2.45) is 0 Å². The lowest BCUT2D eigenvalue weighted by Gasteiger charge is -2.31. The zero-order chi connectivity index (χ0) is 14.0. The van der Waals surface area contributed by atoms with E-state index in [-0.39, 0.29) is 5.91 Å². The number of hydrogen-bond donors (Lipinski definition) is 2. The normalized spacial score (nSPS) is 18.1. The monoisotopic (exact) mass is 307 g/mol. The fourth-order valence-corrected chi connectivity index (χ4v) is 4.59. The van der Waals surface area contributed by atoms with Crippen LogP contribution in [0.5, 0.6) is 0 Å². The van der Waals surface area contributed by atoms with Crippen molar-refractivity contribution in [3.05, 3.63) is 35.2 Å². The van der Waals surface area contributed by atoms with Gasteiger partial charge in [-0.1, -0.05) is 18.2 Å². The van der Waals surface area contributed by atoms with Crippen LogP contribution in [0.15, 0.2) is 30.3 Å². The Kier molecular flexibility index (Phi) is 4.01. The number of thiophene rings is 1. The highest BCUT2D eigenvalue weighted by Gasteiger charge is 2.30. The lowest BCUT2D eigenvalue weighted by molar-refractivity contribution is 0.0312. The molecule has 2 heterocycles. The smallest absolute Gasteiger partial charge is 0.261 e. The molecule has 3 rings (SSSR count). The highest BCUT2D eigenvalue weighted by Crippen LogP contribution is 2.27. The van der Waals surface area contributed by atoms with Gasteiger partial charge in [-0.3, -0.25) is 4.79 Å². The van der Waals surface area contributed by atoms with Gasteiger partial charge < -0.3 is 10.4 Å². The number of hydrogen-bond acceptors (Lipinski definition) is 4. The van der Waals surface area contributed by atoms with Gasteiger partial charge in [0.2, 0.25) is 0 Å². The molecule has 1 amide bonds. The average Bonchev–Trinajstić information content (AvgIpc) is 2.89. The number of carbonyl (C=O) groups is 1. The summed E-state index contributed by atoms with van der Waals surface area (Å²) in [6.45, 7) is 0.348. The predicted octanol–water partition coefficient (Wildman–Crippen LogP) is 2.89. The number of aliphatic hydroxyl groups is 1. The molecule has 0 radical (unpaired) electrons.